The van der Waals surface area contributed by atoms with Crippen molar-refractivity contribution in [1.82, 2.24) is 0 Å². The van der Waals surface area contributed by atoms with Crippen LogP contribution in [0.1, 0.15) is 97.3 Å². The number of hydrogen-bond acceptors (Lipinski definition) is 5. The molecule has 0 aromatic heterocycles. The van der Waals surface area contributed by atoms with E-state index < -0.39 is 12.0 Å². The largest absolute Gasteiger partial charge is 0.480 e. The van der Waals surface area contributed by atoms with Crippen LogP contribution >= 0.6 is 11.6 Å². The van der Waals surface area contributed by atoms with Crippen LogP contribution in [0.15, 0.2) is 0 Å². The van der Waals surface area contributed by atoms with Crippen molar-refractivity contribution in [2.75, 3.05) is 13.2 Å². The molecule has 0 bridgehead atoms. The molecule has 0 aromatic rings. The van der Waals surface area contributed by atoms with Crippen LogP contribution < -0.4 is 11.5 Å². The SMILES string of the molecule is CCCCCCCCCCCC(=O)Cl.CCO.NCCCC[C@H](N)C(=O)O. The Balaban J connectivity index is -0.000000387. The van der Waals surface area contributed by atoms with Gasteiger partial charge in [-0.2, -0.15) is 0 Å². The van der Waals surface area contributed by atoms with E-state index in [-0.39, 0.29) is 11.8 Å². The minimum absolute atomic E-state index is 0.187. The second-order valence-electron chi connectivity index (χ2n) is 6.48. The van der Waals surface area contributed by atoms with E-state index in [1.165, 1.54) is 44.9 Å². The molecule has 0 amide bonds. The first-order valence-electron chi connectivity index (χ1n) is 10.3. The van der Waals surface area contributed by atoms with Crippen LogP contribution in [0.4, 0.5) is 0 Å². The van der Waals surface area contributed by atoms with Gasteiger partial charge in [0.1, 0.15) is 6.04 Å². The van der Waals surface area contributed by atoms with Gasteiger partial charge in [0.05, 0.1) is 0 Å². The molecule has 1 atom stereocenters. The van der Waals surface area contributed by atoms with Crippen molar-refractivity contribution < 1.29 is 19.8 Å². The quantitative estimate of drug-likeness (QED) is 0.236. The van der Waals surface area contributed by atoms with Crippen molar-refractivity contribution in [3.05, 3.63) is 0 Å². The molecular formula is C20H43ClN2O4. The van der Waals surface area contributed by atoms with Crippen molar-refractivity contribution >= 4 is 22.8 Å². The highest BCUT2D eigenvalue weighted by molar-refractivity contribution is 6.63. The normalized spacial score (nSPS) is 10.9. The first kappa shape index (κ1) is 31.0. The van der Waals surface area contributed by atoms with Gasteiger partial charge in [0.2, 0.25) is 5.24 Å². The fourth-order valence-corrected chi connectivity index (χ4v) is 2.34. The molecule has 0 fully saturated rings. The van der Waals surface area contributed by atoms with Crippen LogP contribution in [0.25, 0.3) is 0 Å². The van der Waals surface area contributed by atoms with Gasteiger partial charge in [0.15, 0.2) is 0 Å². The third kappa shape index (κ3) is 36.9. The van der Waals surface area contributed by atoms with Crippen LogP contribution in [0.2, 0.25) is 0 Å². The van der Waals surface area contributed by atoms with Gasteiger partial charge < -0.3 is 21.7 Å². The molecule has 0 aliphatic carbocycles. The van der Waals surface area contributed by atoms with Crippen molar-refractivity contribution in [1.29, 1.82) is 0 Å². The van der Waals surface area contributed by atoms with Gasteiger partial charge in [0.25, 0.3) is 0 Å². The molecule has 0 radical (unpaired) electrons. The Morgan fingerprint density at radius 3 is 1.70 bits per heavy atom. The third-order valence-electron chi connectivity index (χ3n) is 3.76. The highest BCUT2D eigenvalue weighted by Gasteiger charge is 2.09. The minimum Gasteiger partial charge on any atom is -0.480 e. The highest BCUT2D eigenvalue weighted by atomic mass is 35.5. The van der Waals surface area contributed by atoms with Gasteiger partial charge in [-0.05, 0) is 44.3 Å². The van der Waals surface area contributed by atoms with E-state index in [4.69, 9.17) is 33.3 Å². The topological polar surface area (TPSA) is 127 Å². The summed E-state index contributed by atoms with van der Waals surface area (Å²) in [6, 6.07) is -0.716. The number of halogens is 1. The second kappa shape index (κ2) is 27.5. The predicted octanol–water partition coefficient (Wildman–Crippen LogP) is 4.20. The summed E-state index contributed by atoms with van der Waals surface area (Å²) in [7, 11) is 0. The molecule has 27 heavy (non-hydrogen) atoms. The molecule has 0 aliphatic rings. The van der Waals surface area contributed by atoms with E-state index in [2.05, 4.69) is 6.92 Å². The maximum absolute atomic E-state index is 10.4. The Morgan fingerprint density at radius 2 is 1.33 bits per heavy atom. The lowest BCUT2D eigenvalue weighted by Gasteiger charge is -2.03. The fourth-order valence-electron chi connectivity index (χ4n) is 2.21. The zero-order chi connectivity index (χ0) is 21.3. The summed E-state index contributed by atoms with van der Waals surface area (Å²) in [6.07, 6.45) is 14.2. The van der Waals surface area contributed by atoms with Gasteiger partial charge in [-0.25, -0.2) is 0 Å². The van der Waals surface area contributed by atoms with E-state index in [0.29, 0.717) is 19.4 Å². The zero-order valence-corrected chi connectivity index (χ0v) is 18.2. The number of rotatable bonds is 15. The molecule has 0 saturated heterocycles. The molecule has 0 aliphatic heterocycles. The minimum atomic E-state index is -0.933. The molecule has 6 nitrogen and oxygen atoms in total. The van der Waals surface area contributed by atoms with Crippen molar-refractivity contribution in [3.63, 3.8) is 0 Å². The predicted molar refractivity (Wildman–Crippen MR) is 114 cm³/mol. The van der Waals surface area contributed by atoms with E-state index in [0.717, 1.165) is 25.7 Å². The molecule has 7 heteroatoms. The molecule has 0 saturated carbocycles. The number of unbranched alkanes of at least 4 members (excludes halogenated alkanes) is 9. The Morgan fingerprint density at radius 1 is 0.889 bits per heavy atom. The lowest BCUT2D eigenvalue weighted by molar-refractivity contribution is -0.138. The number of carboxylic acids is 1. The zero-order valence-electron chi connectivity index (χ0n) is 17.4. The Kier molecular flexibility index (Phi) is 31.6. The maximum atomic E-state index is 10.4. The standard InChI is InChI=1S/C12H23ClO.C6H14N2O2.C2H6O/c1-2-3-4-5-6-7-8-9-10-11-12(13)14;7-4-2-1-3-5(8)6(9)10;1-2-3/h2-11H2,1H3;5H,1-4,7-8H2,(H,9,10);3H,2H2,1H3/t;5-;/m.0./s1. The van der Waals surface area contributed by atoms with Crippen molar-refractivity contribution in [2.24, 2.45) is 11.5 Å². The number of aliphatic hydroxyl groups is 1. The van der Waals surface area contributed by atoms with E-state index in [1.54, 1.807) is 6.92 Å². The molecule has 0 aromatic carbocycles. The number of carbonyl (C=O) groups excluding carboxylic acids is 1. The van der Waals surface area contributed by atoms with E-state index >= 15 is 0 Å². The number of carboxylic acid groups (broad SMARTS) is 1. The van der Waals surface area contributed by atoms with E-state index in [9.17, 15) is 9.59 Å². The molecule has 0 spiro atoms. The molecule has 0 rings (SSSR count). The number of hydrogen-bond donors (Lipinski definition) is 4. The van der Waals surface area contributed by atoms with E-state index in [1.807, 2.05) is 0 Å². The van der Waals surface area contributed by atoms with Crippen LogP contribution in [0.5, 0.6) is 0 Å². The summed E-state index contributed by atoms with van der Waals surface area (Å²) in [5.74, 6) is -0.933. The first-order chi connectivity index (χ1) is 12.9. The van der Waals surface area contributed by atoms with Gasteiger partial charge in [-0.3, -0.25) is 9.59 Å². The van der Waals surface area contributed by atoms with Crippen molar-refractivity contribution in [3.8, 4) is 0 Å². The number of aliphatic carboxylic acids is 1. The average molecular weight is 411 g/mol. The monoisotopic (exact) mass is 410 g/mol. The summed E-state index contributed by atoms with van der Waals surface area (Å²) >= 11 is 5.24. The summed E-state index contributed by atoms with van der Waals surface area (Å²) in [4.78, 5) is 20.6. The number of carbonyl (C=O) groups is 2. The lowest BCUT2D eigenvalue weighted by atomic mass is 10.1. The van der Waals surface area contributed by atoms with Gasteiger partial charge in [-0.1, -0.05) is 64.7 Å². The molecular weight excluding hydrogens is 368 g/mol. The second-order valence-corrected chi connectivity index (χ2v) is 6.90. The third-order valence-corrected chi connectivity index (χ3v) is 3.95. The van der Waals surface area contributed by atoms with Crippen LogP contribution in [-0.4, -0.2) is 40.6 Å². The first-order valence-corrected chi connectivity index (χ1v) is 10.7. The molecule has 164 valence electrons. The Labute approximate surface area is 171 Å². The summed E-state index contributed by atoms with van der Waals surface area (Å²) in [6.45, 7) is 4.77. The number of nitrogens with two attached hydrogens (primary N) is 2. The smallest absolute Gasteiger partial charge is 0.320 e. The fraction of sp³-hybridized carbons (Fsp3) is 0.900. The van der Waals surface area contributed by atoms with Crippen LogP contribution in [0, 0.1) is 0 Å². The Bertz CT molecular complexity index is 318. The average Bonchev–Trinajstić information content (AvgIpc) is 2.61. The lowest BCUT2D eigenvalue weighted by Crippen LogP contribution is -2.29. The maximum Gasteiger partial charge on any atom is 0.320 e. The Hall–Kier alpha value is -0.690. The summed E-state index contributed by atoms with van der Waals surface area (Å²) in [5.41, 5.74) is 10.4. The highest BCUT2D eigenvalue weighted by Crippen LogP contribution is 2.10. The molecule has 6 N–H and O–H groups in total. The summed E-state index contributed by atoms with van der Waals surface area (Å²) in [5, 5.41) is 15.7. The van der Waals surface area contributed by atoms with Crippen LogP contribution in [0.3, 0.4) is 0 Å². The van der Waals surface area contributed by atoms with Crippen molar-refractivity contribution in [2.45, 2.75) is 103 Å². The van der Waals surface area contributed by atoms with Gasteiger partial charge in [-0.15, -0.1) is 0 Å². The van der Waals surface area contributed by atoms with Gasteiger partial charge in [0, 0.05) is 13.0 Å². The summed E-state index contributed by atoms with van der Waals surface area (Å²) < 4.78 is 0. The number of aliphatic hydroxyl groups excluding tert-OH is 1. The molecule has 0 heterocycles. The molecule has 0 unspecified atom stereocenters. The van der Waals surface area contributed by atoms with Crippen LogP contribution in [-0.2, 0) is 9.59 Å². The van der Waals surface area contributed by atoms with Gasteiger partial charge >= 0.3 is 5.97 Å².